The van der Waals surface area contributed by atoms with Crippen LogP contribution in [0.5, 0.6) is 5.75 Å². The number of hydrogen-bond donors (Lipinski definition) is 2. The normalized spacial score (nSPS) is 16.2. The van der Waals surface area contributed by atoms with Gasteiger partial charge in [-0.05, 0) is 93.1 Å². The third-order valence-corrected chi connectivity index (χ3v) is 5.81. The number of hydrogen-bond acceptors (Lipinski definition) is 4. The molecule has 3 N–H and O–H groups in total. The van der Waals surface area contributed by atoms with Crippen LogP contribution < -0.4 is 15.8 Å². The number of aryl methyl sites for hydroxylation is 1. The molecule has 0 saturated carbocycles. The summed E-state index contributed by atoms with van der Waals surface area (Å²) >= 11 is 0. The number of nitrogens with two attached hydrogens (primary N) is 1. The lowest BCUT2D eigenvalue weighted by molar-refractivity contribution is 0.249. The second kappa shape index (κ2) is 8.61. The highest BCUT2D eigenvalue weighted by Gasteiger charge is 2.25. The van der Waals surface area contributed by atoms with Crippen molar-refractivity contribution < 1.29 is 4.74 Å². The molecule has 1 unspecified atom stereocenters. The van der Waals surface area contributed by atoms with Crippen LogP contribution in [0.3, 0.4) is 0 Å². The molecular weight excluding hydrogens is 346 g/mol. The Bertz CT molecular complexity index is 934. The summed E-state index contributed by atoms with van der Waals surface area (Å²) in [5.74, 6) is 2.06. The number of rotatable bonds is 6. The van der Waals surface area contributed by atoms with E-state index in [4.69, 9.17) is 10.5 Å². The van der Waals surface area contributed by atoms with E-state index < -0.39 is 0 Å². The van der Waals surface area contributed by atoms with Gasteiger partial charge in [-0.25, -0.2) is 0 Å². The molecule has 4 nitrogen and oxygen atoms in total. The molecule has 2 heterocycles. The first kappa shape index (κ1) is 18.8. The van der Waals surface area contributed by atoms with Gasteiger partial charge in [0.25, 0.3) is 0 Å². The molecule has 0 bridgehead atoms. The number of nitrogen functional groups attached to an aromatic ring is 1. The first-order chi connectivity index (χ1) is 13.7. The fourth-order valence-electron chi connectivity index (χ4n) is 4.36. The third-order valence-electron chi connectivity index (χ3n) is 5.81. The minimum Gasteiger partial charge on any atom is -0.493 e. The van der Waals surface area contributed by atoms with Crippen LogP contribution in [0.4, 0.5) is 5.69 Å². The second-order valence-electron chi connectivity index (χ2n) is 7.78. The van der Waals surface area contributed by atoms with Crippen molar-refractivity contribution in [1.82, 2.24) is 10.3 Å². The van der Waals surface area contributed by atoms with Crippen LogP contribution in [0.25, 0.3) is 10.9 Å². The summed E-state index contributed by atoms with van der Waals surface area (Å²) in [5.41, 5.74) is 10.3. The first-order valence-electron chi connectivity index (χ1n) is 10.3. The SMILES string of the molecule is Cc1ccc2c(OCCC(c3cccc(N)c3)C3CCNCC3)cccc2n1. The van der Waals surface area contributed by atoms with Gasteiger partial charge >= 0.3 is 0 Å². The van der Waals surface area contributed by atoms with Crippen molar-refractivity contribution in [3.8, 4) is 5.75 Å². The van der Waals surface area contributed by atoms with Gasteiger partial charge in [0.05, 0.1) is 12.1 Å². The van der Waals surface area contributed by atoms with E-state index in [-0.39, 0.29) is 0 Å². The van der Waals surface area contributed by atoms with Crippen molar-refractivity contribution >= 4 is 16.6 Å². The lowest BCUT2D eigenvalue weighted by Gasteiger charge is -2.31. The zero-order chi connectivity index (χ0) is 19.3. The van der Waals surface area contributed by atoms with Crippen LogP contribution in [-0.4, -0.2) is 24.7 Å². The molecule has 0 radical (unpaired) electrons. The minimum atomic E-state index is 0.473. The van der Waals surface area contributed by atoms with E-state index in [0.717, 1.165) is 47.5 Å². The number of aromatic nitrogens is 1. The van der Waals surface area contributed by atoms with Crippen LogP contribution in [-0.2, 0) is 0 Å². The zero-order valence-electron chi connectivity index (χ0n) is 16.5. The number of piperidine rings is 1. The summed E-state index contributed by atoms with van der Waals surface area (Å²) in [6.45, 7) is 4.90. The van der Waals surface area contributed by atoms with Gasteiger partial charge in [-0.3, -0.25) is 4.98 Å². The molecular formula is C24H29N3O. The summed E-state index contributed by atoms with van der Waals surface area (Å²) in [5, 5.41) is 4.56. The number of pyridine rings is 1. The number of benzene rings is 2. The molecule has 146 valence electrons. The average molecular weight is 376 g/mol. The van der Waals surface area contributed by atoms with Gasteiger partial charge in [0.2, 0.25) is 0 Å². The fourth-order valence-corrected chi connectivity index (χ4v) is 4.36. The molecule has 0 spiro atoms. The Labute approximate surface area is 167 Å². The molecule has 1 aliphatic rings. The van der Waals surface area contributed by atoms with E-state index in [1.165, 1.54) is 18.4 Å². The summed E-state index contributed by atoms with van der Waals surface area (Å²) in [7, 11) is 0. The zero-order valence-corrected chi connectivity index (χ0v) is 16.5. The van der Waals surface area contributed by atoms with Crippen molar-refractivity contribution in [3.63, 3.8) is 0 Å². The smallest absolute Gasteiger partial charge is 0.128 e. The highest BCUT2D eigenvalue weighted by Crippen LogP contribution is 2.35. The number of anilines is 1. The number of nitrogens with one attached hydrogen (secondary N) is 1. The Morgan fingerprint density at radius 1 is 1.11 bits per heavy atom. The van der Waals surface area contributed by atoms with E-state index in [1.54, 1.807) is 0 Å². The first-order valence-corrected chi connectivity index (χ1v) is 10.3. The van der Waals surface area contributed by atoms with Gasteiger partial charge in [0, 0.05) is 16.8 Å². The highest BCUT2D eigenvalue weighted by atomic mass is 16.5. The van der Waals surface area contributed by atoms with Crippen molar-refractivity contribution in [3.05, 3.63) is 65.9 Å². The summed E-state index contributed by atoms with van der Waals surface area (Å²) < 4.78 is 6.25. The van der Waals surface area contributed by atoms with Crippen LogP contribution in [0.1, 0.15) is 36.4 Å². The van der Waals surface area contributed by atoms with Crippen LogP contribution >= 0.6 is 0 Å². The topological polar surface area (TPSA) is 60.2 Å². The lowest BCUT2D eigenvalue weighted by atomic mass is 9.78. The minimum absolute atomic E-state index is 0.473. The quantitative estimate of drug-likeness (QED) is 0.614. The highest BCUT2D eigenvalue weighted by molar-refractivity contribution is 5.85. The van der Waals surface area contributed by atoms with Gasteiger partial charge in [0.1, 0.15) is 5.75 Å². The molecule has 3 aromatic rings. The monoisotopic (exact) mass is 375 g/mol. The van der Waals surface area contributed by atoms with E-state index >= 15 is 0 Å². The average Bonchev–Trinajstić information content (AvgIpc) is 2.71. The molecule has 4 heteroatoms. The molecule has 1 atom stereocenters. The van der Waals surface area contributed by atoms with E-state index in [9.17, 15) is 0 Å². The predicted molar refractivity (Wildman–Crippen MR) is 116 cm³/mol. The molecule has 4 rings (SSSR count). The maximum Gasteiger partial charge on any atom is 0.128 e. The molecule has 1 saturated heterocycles. The Morgan fingerprint density at radius 2 is 1.93 bits per heavy atom. The Balaban J connectivity index is 1.50. The molecule has 0 amide bonds. The van der Waals surface area contributed by atoms with Crippen LogP contribution in [0.2, 0.25) is 0 Å². The molecule has 1 fully saturated rings. The van der Waals surface area contributed by atoms with Crippen molar-refractivity contribution in [2.75, 3.05) is 25.4 Å². The number of ether oxygens (including phenoxy) is 1. The van der Waals surface area contributed by atoms with Crippen LogP contribution in [0, 0.1) is 12.8 Å². The molecule has 2 aromatic carbocycles. The van der Waals surface area contributed by atoms with Gasteiger partial charge in [-0.15, -0.1) is 0 Å². The van der Waals surface area contributed by atoms with E-state index in [0.29, 0.717) is 18.4 Å². The van der Waals surface area contributed by atoms with Crippen molar-refractivity contribution in [2.45, 2.75) is 32.1 Å². The predicted octanol–water partition coefficient (Wildman–Crippen LogP) is 4.68. The van der Waals surface area contributed by atoms with E-state index in [1.807, 2.05) is 37.3 Å². The number of nitrogens with zero attached hydrogens (tertiary/aromatic N) is 1. The number of fused-ring (bicyclic) bond motifs is 1. The lowest BCUT2D eigenvalue weighted by Crippen LogP contribution is -2.31. The Kier molecular flexibility index (Phi) is 5.77. The second-order valence-corrected chi connectivity index (χ2v) is 7.78. The molecule has 1 aliphatic heterocycles. The van der Waals surface area contributed by atoms with Gasteiger partial charge in [-0.2, -0.15) is 0 Å². The largest absolute Gasteiger partial charge is 0.493 e. The molecule has 0 aliphatic carbocycles. The standard InChI is InChI=1S/C24H29N3O/c1-17-8-9-22-23(27-17)6-3-7-24(22)28-15-12-21(18-10-13-26-14-11-18)19-4-2-5-20(25)16-19/h2-9,16,18,21,26H,10-15,25H2,1H3. The van der Waals surface area contributed by atoms with Gasteiger partial charge < -0.3 is 15.8 Å². The summed E-state index contributed by atoms with van der Waals surface area (Å²) in [6.07, 6.45) is 3.40. The maximum atomic E-state index is 6.25. The summed E-state index contributed by atoms with van der Waals surface area (Å²) in [6, 6.07) is 18.6. The Hall–Kier alpha value is -2.59. The van der Waals surface area contributed by atoms with Crippen molar-refractivity contribution in [2.24, 2.45) is 5.92 Å². The Morgan fingerprint density at radius 3 is 2.75 bits per heavy atom. The van der Waals surface area contributed by atoms with Gasteiger partial charge in [-0.1, -0.05) is 18.2 Å². The summed E-state index contributed by atoms with van der Waals surface area (Å²) in [4.78, 5) is 4.61. The third kappa shape index (κ3) is 4.28. The van der Waals surface area contributed by atoms with Gasteiger partial charge in [0.15, 0.2) is 0 Å². The van der Waals surface area contributed by atoms with E-state index in [2.05, 4.69) is 34.6 Å². The van der Waals surface area contributed by atoms with Crippen molar-refractivity contribution in [1.29, 1.82) is 0 Å². The molecule has 28 heavy (non-hydrogen) atoms. The molecule has 1 aromatic heterocycles. The maximum absolute atomic E-state index is 6.25. The van der Waals surface area contributed by atoms with Crippen LogP contribution in [0.15, 0.2) is 54.6 Å². The fraction of sp³-hybridized carbons (Fsp3) is 0.375.